The summed E-state index contributed by atoms with van der Waals surface area (Å²) in [5, 5.41) is 1.19. The van der Waals surface area contributed by atoms with Gasteiger partial charge in [0.15, 0.2) is 6.17 Å². The Morgan fingerprint density at radius 2 is 1.52 bits per heavy atom. The van der Waals surface area contributed by atoms with Crippen molar-refractivity contribution < 1.29 is 50.0 Å². The Hall–Kier alpha value is -3.32. The molecule has 3 aromatic carbocycles. The van der Waals surface area contributed by atoms with E-state index in [1.807, 2.05) is 69.9 Å². The quantitative estimate of drug-likeness (QED) is 0.114. The van der Waals surface area contributed by atoms with E-state index in [4.69, 9.17) is 42.1 Å². The van der Waals surface area contributed by atoms with Crippen LogP contribution in [0.2, 0.25) is 10.0 Å². The molecule has 3 saturated heterocycles. The van der Waals surface area contributed by atoms with Crippen molar-refractivity contribution in [3.05, 3.63) is 98.8 Å². The van der Waals surface area contributed by atoms with Gasteiger partial charge in [-0.25, -0.2) is 0 Å². The number of amides is 1. The third-order valence-electron chi connectivity index (χ3n) is 12.4. The second kappa shape index (κ2) is 20.5. The van der Waals surface area contributed by atoms with E-state index >= 15 is 0 Å². The predicted molar refractivity (Wildman–Crippen MR) is 237 cm³/mol. The van der Waals surface area contributed by atoms with Crippen molar-refractivity contribution in [1.82, 2.24) is 9.80 Å². The molecular weight excluding hydrogens is 879 g/mol. The minimum Gasteiger partial charge on any atom is -1.00 e. The SMILES string of the molecule is CC(=O)N1CCN(c2ccccc2OCC2=C[N+](Cc3cc(C)c(OC(=O)C(C)(C)C)c(C)c3)(CC3CCCCO3)C(c3ccc(Cl)cc3Cl)N2CC2CCCCO2)CC1.[Br-]. The maximum atomic E-state index is 13.1. The van der Waals surface area contributed by atoms with Crippen LogP contribution in [0.15, 0.2) is 66.5 Å². The molecule has 7 rings (SSSR count). The highest BCUT2D eigenvalue weighted by Crippen LogP contribution is 2.48. The second-order valence-electron chi connectivity index (χ2n) is 18.2. The van der Waals surface area contributed by atoms with Crippen LogP contribution < -0.4 is 31.4 Å². The monoisotopic (exact) mass is 940 g/mol. The number of halogens is 3. The van der Waals surface area contributed by atoms with Gasteiger partial charge in [-0.1, -0.05) is 35.3 Å². The molecule has 0 aromatic heterocycles. The van der Waals surface area contributed by atoms with Crippen LogP contribution in [0.25, 0.3) is 0 Å². The van der Waals surface area contributed by atoms with Gasteiger partial charge in [-0.2, -0.15) is 0 Å². The molecule has 0 bridgehead atoms. The Labute approximate surface area is 383 Å². The van der Waals surface area contributed by atoms with Crippen LogP contribution in [0, 0.1) is 19.3 Å². The molecule has 332 valence electrons. The molecule has 0 spiro atoms. The molecule has 0 N–H and O–H groups in total. The fraction of sp³-hybridized carbons (Fsp3) is 0.542. The van der Waals surface area contributed by atoms with Crippen LogP contribution >= 0.6 is 23.2 Å². The van der Waals surface area contributed by atoms with E-state index in [-0.39, 0.29) is 47.2 Å². The molecule has 0 aliphatic carbocycles. The summed E-state index contributed by atoms with van der Waals surface area (Å²) < 4.78 is 26.5. The summed E-state index contributed by atoms with van der Waals surface area (Å²) in [6, 6.07) is 18.4. The first-order valence-electron chi connectivity index (χ1n) is 21.8. The van der Waals surface area contributed by atoms with Gasteiger partial charge in [0.1, 0.15) is 49.2 Å². The molecule has 3 aromatic rings. The van der Waals surface area contributed by atoms with Gasteiger partial charge in [0, 0.05) is 56.9 Å². The zero-order valence-electron chi connectivity index (χ0n) is 36.7. The molecule has 61 heavy (non-hydrogen) atoms. The number of carbonyl (C=O) groups excluding carboxylic acids is 2. The van der Waals surface area contributed by atoms with Gasteiger partial charge in [-0.15, -0.1) is 0 Å². The van der Waals surface area contributed by atoms with Gasteiger partial charge >= 0.3 is 5.97 Å². The van der Waals surface area contributed by atoms with Crippen molar-refractivity contribution in [2.45, 2.75) is 105 Å². The van der Waals surface area contributed by atoms with Crippen molar-refractivity contribution in [2.75, 3.05) is 64.0 Å². The summed E-state index contributed by atoms with van der Waals surface area (Å²) in [6.07, 6.45) is 8.50. The molecule has 4 heterocycles. The Kier molecular flexibility index (Phi) is 15.8. The number of anilines is 1. The van der Waals surface area contributed by atoms with E-state index in [1.54, 1.807) is 6.92 Å². The lowest BCUT2D eigenvalue weighted by Crippen LogP contribution is -3.00. The van der Waals surface area contributed by atoms with Crippen molar-refractivity contribution >= 4 is 40.8 Å². The van der Waals surface area contributed by atoms with Gasteiger partial charge in [-0.05, 0) is 127 Å². The number of benzene rings is 3. The van der Waals surface area contributed by atoms with Crippen molar-refractivity contribution in [3.63, 3.8) is 0 Å². The molecule has 1 amide bonds. The lowest BCUT2D eigenvalue weighted by atomic mass is 9.97. The summed E-state index contributed by atoms with van der Waals surface area (Å²) in [6.45, 7) is 17.9. The fourth-order valence-corrected chi connectivity index (χ4v) is 9.86. The number of esters is 1. The third-order valence-corrected chi connectivity index (χ3v) is 13.0. The summed E-state index contributed by atoms with van der Waals surface area (Å²) >= 11 is 13.9. The molecule has 4 unspecified atom stereocenters. The minimum absolute atomic E-state index is 0. The number of hydrogen-bond donors (Lipinski definition) is 0. The topological polar surface area (TPSA) is 80.8 Å². The summed E-state index contributed by atoms with van der Waals surface area (Å²) in [7, 11) is 0. The summed E-state index contributed by atoms with van der Waals surface area (Å²) in [4.78, 5) is 31.9. The predicted octanol–water partition coefficient (Wildman–Crippen LogP) is 6.62. The number of hydrogen-bond acceptors (Lipinski definition) is 8. The lowest BCUT2D eigenvalue weighted by molar-refractivity contribution is -0.929. The number of nitrogens with zero attached hydrogens (tertiary/aromatic N) is 4. The molecule has 0 radical (unpaired) electrons. The van der Waals surface area contributed by atoms with Crippen LogP contribution in [0.1, 0.15) is 94.6 Å². The highest BCUT2D eigenvalue weighted by atomic mass is 79.9. The van der Waals surface area contributed by atoms with Gasteiger partial charge in [0.2, 0.25) is 5.91 Å². The van der Waals surface area contributed by atoms with Crippen LogP contribution in [0.4, 0.5) is 5.69 Å². The van der Waals surface area contributed by atoms with E-state index in [9.17, 15) is 9.59 Å². The molecule has 3 fully saturated rings. The number of ether oxygens (including phenoxy) is 4. The normalized spacial score (nSPS) is 23.3. The first kappa shape index (κ1) is 47.2. The van der Waals surface area contributed by atoms with Crippen molar-refractivity contribution in [2.24, 2.45) is 5.41 Å². The molecular formula is C48H63BrCl2N4O6. The largest absolute Gasteiger partial charge is 1.00 e. The van der Waals surface area contributed by atoms with Crippen LogP contribution in [-0.2, 0) is 25.6 Å². The zero-order valence-corrected chi connectivity index (χ0v) is 39.8. The van der Waals surface area contributed by atoms with E-state index in [0.29, 0.717) is 59.6 Å². The van der Waals surface area contributed by atoms with E-state index in [0.717, 1.165) is 104 Å². The number of rotatable bonds is 12. The Balaban J connectivity index is 0.00000622. The van der Waals surface area contributed by atoms with E-state index < -0.39 is 5.41 Å². The van der Waals surface area contributed by atoms with Gasteiger partial charge in [0.25, 0.3) is 0 Å². The van der Waals surface area contributed by atoms with E-state index in [1.165, 1.54) is 0 Å². The van der Waals surface area contributed by atoms with Gasteiger partial charge < -0.3 is 50.6 Å². The summed E-state index contributed by atoms with van der Waals surface area (Å²) in [5.41, 5.74) is 5.37. The zero-order chi connectivity index (χ0) is 42.6. The maximum Gasteiger partial charge on any atom is 0.316 e. The average Bonchev–Trinajstić information content (AvgIpc) is 3.49. The standard InChI is InChI=1S/C48H63Cl2N4O6.BrH/c1-33-25-36(26-34(2)45(33)60-47(56)48(4,5)6)29-54(31-40-14-10-12-24-58-40)30-38(32-59-44-16-8-7-15-43(44)52-21-19-51(20-22-52)35(3)55)53(28-39-13-9-11-23-57-39)46(54)41-18-17-37(49)27-42(41)50;/h7-8,15-18,25-27,30,39-40,46H,9-14,19-24,28-29,31-32H2,1-6H3;1H/q+1;/p-1. The minimum atomic E-state index is -0.632. The highest BCUT2D eigenvalue weighted by Gasteiger charge is 2.51. The van der Waals surface area contributed by atoms with E-state index in [2.05, 4.69) is 40.3 Å². The van der Waals surface area contributed by atoms with Crippen LogP contribution in [0.5, 0.6) is 11.5 Å². The molecule has 10 nitrogen and oxygen atoms in total. The number of piperazine rings is 1. The maximum absolute atomic E-state index is 13.1. The van der Waals surface area contributed by atoms with Crippen LogP contribution in [-0.4, -0.2) is 97.5 Å². The van der Waals surface area contributed by atoms with Crippen LogP contribution in [0.3, 0.4) is 0 Å². The molecule has 4 aliphatic heterocycles. The second-order valence-corrected chi connectivity index (χ2v) is 19.0. The molecule has 4 atom stereocenters. The lowest BCUT2D eigenvalue weighted by Gasteiger charge is -2.44. The van der Waals surface area contributed by atoms with Crippen molar-refractivity contribution in [3.8, 4) is 11.5 Å². The first-order chi connectivity index (χ1) is 28.7. The number of quaternary nitrogens is 1. The molecule has 4 aliphatic rings. The van der Waals surface area contributed by atoms with Gasteiger partial charge in [-0.3, -0.25) is 14.1 Å². The average molecular weight is 943 g/mol. The summed E-state index contributed by atoms with van der Waals surface area (Å²) in [5.74, 6) is 1.26. The first-order valence-corrected chi connectivity index (χ1v) is 22.5. The van der Waals surface area contributed by atoms with Gasteiger partial charge in [0.05, 0.1) is 34.3 Å². The Morgan fingerprint density at radius 3 is 2.13 bits per heavy atom. The highest BCUT2D eigenvalue weighted by molar-refractivity contribution is 6.35. The van der Waals surface area contributed by atoms with Crippen molar-refractivity contribution in [1.29, 1.82) is 0 Å². The number of carbonyl (C=O) groups is 2. The smallest absolute Gasteiger partial charge is 0.316 e. The number of aryl methyl sites for hydroxylation is 2. The fourth-order valence-electron chi connectivity index (χ4n) is 9.35. The molecule has 13 heteroatoms. The Morgan fingerprint density at radius 1 is 0.869 bits per heavy atom. The molecule has 0 saturated carbocycles. The Bertz CT molecular complexity index is 2020. The number of para-hydroxylation sites is 2. The third kappa shape index (κ3) is 11.3.